The van der Waals surface area contributed by atoms with Gasteiger partial charge >= 0.3 is 0 Å². The quantitative estimate of drug-likeness (QED) is 0.664. The molecule has 0 bridgehead atoms. The molecule has 2 rings (SSSR count). The molecule has 0 atom stereocenters. The molecular formula is C13H17N5O3. The van der Waals surface area contributed by atoms with E-state index in [0.29, 0.717) is 17.1 Å². The maximum atomic E-state index is 11.0. The van der Waals surface area contributed by atoms with Crippen LogP contribution in [0.15, 0.2) is 18.2 Å². The van der Waals surface area contributed by atoms with Gasteiger partial charge in [-0.2, -0.15) is 0 Å². The summed E-state index contributed by atoms with van der Waals surface area (Å²) in [6.45, 7) is 4.22. The summed E-state index contributed by atoms with van der Waals surface area (Å²) in [7, 11) is 1.50. The van der Waals surface area contributed by atoms with Gasteiger partial charge in [-0.15, -0.1) is 5.10 Å². The van der Waals surface area contributed by atoms with Crippen molar-refractivity contribution in [2.75, 3.05) is 7.11 Å². The molecule has 1 heterocycles. The molecule has 0 saturated heterocycles. The van der Waals surface area contributed by atoms with Crippen LogP contribution in [0.3, 0.4) is 0 Å². The largest absolute Gasteiger partial charge is 0.494 e. The molecule has 0 aliphatic carbocycles. The number of aromatic nitrogens is 3. The summed E-state index contributed by atoms with van der Waals surface area (Å²) in [5.74, 6) is 0.596. The normalized spacial score (nSPS) is 10.9. The first-order valence-corrected chi connectivity index (χ1v) is 6.47. The molecule has 112 valence electrons. The molecule has 0 unspecified atom stereocenters. The molecule has 0 radical (unpaired) electrons. The van der Waals surface area contributed by atoms with Crippen molar-refractivity contribution in [2.24, 2.45) is 5.73 Å². The molecule has 1 aromatic carbocycles. The monoisotopic (exact) mass is 291 g/mol. The van der Waals surface area contributed by atoms with Crippen LogP contribution < -0.4 is 10.5 Å². The number of nitrogens with two attached hydrogens (primary N) is 1. The Bertz CT molecular complexity index is 666. The van der Waals surface area contributed by atoms with Gasteiger partial charge in [-0.05, 0) is 12.0 Å². The predicted molar refractivity (Wildman–Crippen MR) is 76.5 cm³/mol. The number of nitrogens with zero attached hydrogens (tertiary/aromatic N) is 4. The van der Waals surface area contributed by atoms with Crippen molar-refractivity contribution >= 4 is 5.69 Å². The lowest BCUT2D eigenvalue weighted by Gasteiger charge is -2.13. The SMILES string of the molecule is COc1ccc([N+](=O)[O-])cc1-n1nnc(CN)c1C(C)C. The van der Waals surface area contributed by atoms with Crippen molar-refractivity contribution in [3.63, 3.8) is 0 Å². The van der Waals surface area contributed by atoms with Crippen LogP contribution in [-0.2, 0) is 6.54 Å². The van der Waals surface area contributed by atoms with Crippen LogP contribution in [-0.4, -0.2) is 27.0 Å². The number of non-ortho nitro benzene ring substituents is 1. The number of nitro benzene ring substituents is 1. The average Bonchev–Trinajstić information content (AvgIpc) is 2.90. The first-order chi connectivity index (χ1) is 9.99. The Kier molecular flexibility index (Phi) is 4.18. The Labute approximate surface area is 121 Å². The van der Waals surface area contributed by atoms with E-state index in [-0.39, 0.29) is 18.2 Å². The fourth-order valence-electron chi connectivity index (χ4n) is 2.18. The molecule has 1 aromatic heterocycles. The Balaban J connectivity index is 2.68. The first-order valence-electron chi connectivity index (χ1n) is 6.47. The third kappa shape index (κ3) is 2.70. The summed E-state index contributed by atoms with van der Waals surface area (Å²) in [5, 5.41) is 19.1. The topological polar surface area (TPSA) is 109 Å². The summed E-state index contributed by atoms with van der Waals surface area (Å²) in [6.07, 6.45) is 0. The lowest BCUT2D eigenvalue weighted by atomic mass is 10.1. The zero-order valence-corrected chi connectivity index (χ0v) is 12.1. The van der Waals surface area contributed by atoms with Gasteiger partial charge in [0, 0.05) is 18.7 Å². The zero-order valence-electron chi connectivity index (χ0n) is 12.1. The molecule has 0 amide bonds. The van der Waals surface area contributed by atoms with Gasteiger partial charge in [-0.25, -0.2) is 4.68 Å². The lowest BCUT2D eigenvalue weighted by Crippen LogP contribution is -2.09. The van der Waals surface area contributed by atoms with E-state index in [1.54, 1.807) is 10.7 Å². The van der Waals surface area contributed by atoms with E-state index in [0.717, 1.165) is 5.69 Å². The van der Waals surface area contributed by atoms with Gasteiger partial charge in [0.2, 0.25) is 0 Å². The number of benzene rings is 1. The summed E-state index contributed by atoms with van der Waals surface area (Å²) in [4.78, 5) is 10.5. The van der Waals surface area contributed by atoms with Crippen LogP contribution in [0.5, 0.6) is 5.75 Å². The number of ether oxygens (including phenoxy) is 1. The van der Waals surface area contributed by atoms with Crippen molar-refractivity contribution in [2.45, 2.75) is 26.3 Å². The lowest BCUT2D eigenvalue weighted by molar-refractivity contribution is -0.384. The molecule has 2 aromatic rings. The van der Waals surface area contributed by atoms with Crippen molar-refractivity contribution < 1.29 is 9.66 Å². The minimum Gasteiger partial charge on any atom is -0.494 e. The van der Waals surface area contributed by atoms with Crippen LogP contribution in [0.4, 0.5) is 5.69 Å². The number of hydrogen-bond donors (Lipinski definition) is 1. The second kappa shape index (κ2) is 5.88. The number of methoxy groups -OCH3 is 1. The highest BCUT2D eigenvalue weighted by Crippen LogP contribution is 2.30. The van der Waals surface area contributed by atoms with Crippen LogP contribution in [0.25, 0.3) is 5.69 Å². The molecular weight excluding hydrogens is 274 g/mol. The number of hydrogen-bond acceptors (Lipinski definition) is 6. The van der Waals surface area contributed by atoms with E-state index in [9.17, 15) is 10.1 Å². The molecule has 0 fully saturated rings. The standard InChI is InChI=1S/C13H17N5O3/c1-8(2)13-10(7-14)15-16-17(13)11-6-9(18(19)20)4-5-12(11)21-3/h4-6,8H,7,14H2,1-3H3. The summed E-state index contributed by atoms with van der Waals surface area (Å²) in [6, 6.07) is 4.35. The number of rotatable bonds is 5. The molecule has 0 aliphatic heterocycles. The van der Waals surface area contributed by atoms with E-state index < -0.39 is 4.92 Å². The summed E-state index contributed by atoms with van der Waals surface area (Å²) >= 11 is 0. The highest BCUT2D eigenvalue weighted by Gasteiger charge is 2.21. The molecule has 0 aliphatic rings. The van der Waals surface area contributed by atoms with Crippen molar-refractivity contribution in [1.29, 1.82) is 0 Å². The van der Waals surface area contributed by atoms with Crippen LogP contribution in [0.2, 0.25) is 0 Å². The maximum absolute atomic E-state index is 11.0. The highest BCUT2D eigenvalue weighted by molar-refractivity contribution is 5.54. The van der Waals surface area contributed by atoms with Gasteiger partial charge in [-0.1, -0.05) is 19.1 Å². The van der Waals surface area contributed by atoms with Crippen LogP contribution in [0, 0.1) is 10.1 Å². The van der Waals surface area contributed by atoms with E-state index in [2.05, 4.69) is 10.3 Å². The fraction of sp³-hybridized carbons (Fsp3) is 0.385. The molecule has 2 N–H and O–H groups in total. The van der Waals surface area contributed by atoms with Crippen LogP contribution in [0.1, 0.15) is 31.2 Å². The van der Waals surface area contributed by atoms with E-state index in [1.165, 1.54) is 19.2 Å². The van der Waals surface area contributed by atoms with Crippen LogP contribution >= 0.6 is 0 Å². The van der Waals surface area contributed by atoms with E-state index in [4.69, 9.17) is 10.5 Å². The van der Waals surface area contributed by atoms with Gasteiger partial charge < -0.3 is 10.5 Å². The zero-order chi connectivity index (χ0) is 15.6. The van der Waals surface area contributed by atoms with Gasteiger partial charge in [0.15, 0.2) is 0 Å². The maximum Gasteiger partial charge on any atom is 0.271 e. The summed E-state index contributed by atoms with van der Waals surface area (Å²) in [5.41, 5.74) is 7.59. The highest BCUT2D eigenvalue weighted by atomic mass is 16.6. The van der Waals surface area contributed by atoms with E-state index >= 15 is 0 Å². The predicted octanol–water partition coefficient (Wildman–Crippen LogP) is 1.77. The Morgan fingerprint density at radius 1 is 1.48 bits per heavy atom. The molecule has 8 heteroatoms. The van der Waals surface area contributed by atoms with Crippen molar-refractivity contribution in [3.8, 4) is 11.4 Å². The Morgan fingerprint density at radius 2 is 2.19 bits per heavy atom. The minimum absolute atomic E-state index is 0.0368. The molecule has 21 heavy (non-hydrogen) atoms. The second-order valence-electron chi connectivity index (χ2n) is 4.81. The summed E-state index contributed by atoms with van der Waals surface area (Å²) < 4.78 is 6.82. The van der Waals surface area contributed by atoms with Gasteiger partial charge in [0.05, 0.1) is 17.7 Å². The Hall–Kier alpha value is -2.48. The van der Waals surface area contributed by atoms with Gasteiger partial charge in [-0.3, -0.25) is 10.1 Å². The first kappa shape index (κ1) is 14.9. The molecule has 0 spiro atoms. The van der Waals surface area contributed by atoms with Gasteiger partial charge in [0.25, 0.3) is 5.69 Å². The smallest absolute Gasteiger partial charge is 0.271 e. The Morgan fingerprint density at radius 3 is 2.71 bits per heavy atom. The van der Waals surface area contributed by atoms with Gasteiger partial charge in [0.1, 0.15) is 17.1 Å². The molecule has 0 saturated carbocycles. The minimum atomic E-state index is -0.460. The average molecular weight is 291 g/mol. The second-order valence-corrected chi connectivity index (χ2v) is 4.81. The number of nitro groups is 1. The van der Waals surface area contributed by atoms with Crippen molar-refractivity contribution in [3.05, 3.63) is 39.7 Å². The molecule has 8 nitrogen and oxygen atoms in total. The van der Waals surface area contributed by atoms with E-state index in [1.807, 2.05) is 13.8 Å². The van der Waals surface area contributed by atoms with Crippen molar-refractivity contribution in [1.82, 2.24) is 15.0 Å². The third-order valence-corrected chi connectivity index (χ3v) is 3.12. The fourth-order valence-corrected chi connectivity index (χ4v) is 2.18. The third-order valence-electron chi connectivity index (χ3n) is 3.12.